The van der Waals surface area contributed by atoms with Gasteiger partial charge in [0.25, 0.3) is 0 Å². The number of anilines is 1. The number of nitrogens with zero attached hydrogens (tertiary/aromatic N) is 1. The van der Waals surface area contributed by atoms with Crippen LogP contribution in [-0.2, 0) is 9.53 Å². The van der Waals surface area contributed by atoms with E-state index in [1.54, 1.807) is 37.3 Å². The Balaban J connectivity index is 2.64. The van der Waals surface area contributed by atoms with Crippen molar-refractivity contribution in [1.29, 1.82) is 5.26 Å². The summed E-state index contributed by atoms with van der Waals surface area (Å²) in [6, 6.07) is 8.93. The third kappa shape index (κ3) is 5.83. The average molecular weight is 286 g/mol. The molecule has 21 heavy (non-hydrogen) atoms. The average Bonchev–Trinajstić information content (AvgIpc) is 2.47. The van der Waals surface area contributed by atoms with Crippen LogP contribution in [0.1, 0.15) is 13.8 Å². The second kappa shape index (κ2) is 8.43. The lowest BCUT2D eigenvalue weighted by Gasteiger charge is -2.07. The van der Waals surface area contributed by atoms with Gasteiger partial charge in [-0.15, -0.1) is 0 Å². The van der Waals surface area contributed by atoms with E-state index in [0.29, 0.717) is 6.61 Å². The van der Waals surface area contributed by atoms with E-state index < -0.39 is 5.97 Å². The Hall–Kier alpha value is -2.74. The predicted octanol–water partition coefficient (Wildman–Crippen LogP) is 3.02. The number of esters is 1. The summed E-state index contributed by atoms with van der Waals surface area (Å²) >= 11 is 0. The molecule has 1 N–H and O–H groups in total. The van der Waals surface area contributed by atoms with E-state index in [1.807, 2.05) is 6.92 Å². The molecule has 0 radical (unpaired) electrons. The van der Waals surface area contributed by atoms with Crippen LogP contribution in [0.3, 0.4) is 0 Å². The number of nitrogens with one attached hydrogen (secondary N) is 1. The van der Waals surface area contributed by atoms with Crippen molar-refractivity contribution in [2.45, 2.75) is 13.8 Å². The molecule has 0 fully saturated rings. The van der Waals surface area contributed by atoms with E-state index in [0.717, 1.165) is 17.0 Å². The summed E-state index contributed by atoms with van der Waals surface area (Å²) in [6.45, 7) is 8.03. The topological polar surface area (TPSA) is 71.3 Å². The van der Waals surface area contributed by atoms with Crippen molar-refractivity contribution in [1.82, 2.24) is 0 Å². The van der Waals surface area contributed by atoms with E-state index >= 15 is 0 Å². The highest BCUT2D eigenvalue weighted by Crippen LogP contribution is 2.16. The second-order valence-electron chi connectivity index (χ2n) is 4.30. The standard InChI is InChI=1S/C16H18N2O3/c1-4-20-16(19)13(9-17)10-18-14-5-7-15(8-6-14)21-11-12(2)3/h5-8,10,18H,2,4,11H2,1,3H3/b13-10+. The molecule has 0 aromatic heterocycles. The highest BCUT2D eigenvalue weighted by Gasteiger charge is 2.08. The highest BCUT2D eigenvalue weighted by atomic mass is 16.5. The van der Waals surface area contributed by atoms with Crippen LogP contribution >= 0.6 is 0 Å². The molecule has 5 heteroatoms. The fraction of sp³-hybridized carbons (Fsp3) is 0.250. The van der Waals surface area contributed by atoms with Crippen LogP contribution in [0.2, 0.25) is 0 Å². The van der Waals surface area contributed by atoms with Crippen LogP contribution in [0, 0.1) is 11.3 Å². The lowest BCUT2D eigenvalue weighted by atomic mass is 10.3. The summed E-state index contributed by atoms with van der Waals surface area (Å²) in [5.74, 6) is 0.0762. The summed E-state index contributed by atoms with van der Waals surface area (Å²) in [5, 5.41) is 11.7. The third-order valence-corrected chi connectivity index (χ3v) is 2.34. The van der Waals surface area contributed by atoms with Gasteiger partial charge >= 0.3 is 5.97 Å². The molecule has 0 saturated carbocycles. The highest BCUT2D eigenvalue weighted by molar-refractivity contribution is 5.93. The molecule has 1 aromatic carbocycles. The Morgan fingerprint density at radius 2 is 2.10 bits per heavy atom. The first-order valence-electron chi connectivity index (χ1n) is 6.48. The molecule has 0 aliphatic heterocycles. The number of hydrogen-bond acceptors (Lipinski definition) is 5. The van der Waals surface area contributed by atoms with Gasteiger partial charge < -0.3 is 14.8 Å². The van der Waals surface area contributed by atoms with Crippen LogP contribution in [0.5, 0.6) is 5.75 Å². The number of carbonyl (C=O) groups is 1. The van der Waals surface area contributed by atoms with Gasteiger partial charge in [0, 0.05) is 11.9 Å². The Kier molecular flexibility index (Phi) is 6.55. The maximum atomic E-state index is 11.4. The molecule has 0 aliphatic rings. The van der Waals surface area contributed by atoms with Crippen molar-refractivity contribution in [3.05, 3.63) is 48.2 Å². The molecule has 1 aromatic rings. The fourth-order valence-electron chi connectivity index (χ4n) is 1.36. The van der Waals surface area contributed by atoms with Gasteiger partial charge in [-0.1, -0.05) is 6.58 Å². The molecular formula is C16H18N2O3. The van der Waals surface area contributed by atoms with Crippen molar-refractivity contribution >= 4 is 11.7 Å². The van der Waals surface area contributed by atoms with E-state index in [9.17, 15) is 4.79 Å². The van der Waals surface area contributed by atoms with E-state index in [4.69, 9.17) is 14.7 Å². The fourth-order valence-corrected chi connectivity index (χ4v) is 1.36. The number of carbonyl (C=O) groups excluding carboxylic acids is 1. The van der Waals surface area contributed by atoms with Crippen molar-refractivity contribution in [3.63, 3.8) is 0 Å². The maximum absolute atomic E-state index is 11.4. The van der Waals surface area contributed by atoms with Gasteiger partial charge in [0.05, 0.1) is 6.61 Å². The molecule has 0 saturated heterocycles. The van der Waals surface area contributed by atoms with E-state index in [1.165, 1.54) is 6.20 Å². The second-order valence-corrected chi connectivity index (χ2v) is 4.30. The normalized spacial score (nSPS) is 10.4. The van der Waals surface area contributed by atoms with Crippen LogP contribution in [0.4, 0.5) is 5.69 Å². The molecule has 1 rings (SSSR count). The molecule has 0 heterocycles. The number of rotatable bonds is 7. The molecule has 0 unspecified atom stereocenters. The van der Waals surface area contributed by atoms with Gasteiger partial charge in [0.15, 0.2) is 5.57 Å². The molecular weight excluding hydrogens is 268 g/mol. The zero-order valence-electron chi connectivity index (χ0n) is 12.2. The summed E-state index contributed by atoms with van der Waals surface area (Å²) in [5.41, 5.74) is 1.59. The van der Waals surface area contributed by atoms with Crippen LogP contribution in [0.25, 0.3) is 0 Å². The van der Waals surface area contributed by atoms with Gasteiger partial charge in [0.2, 0.25) is 0 Å². The minimum absolute atomic E-state index is 0.0838. The Bertz CT molecular complexity index is 568. The first-order valence-corrected chi connectivity index (χ1v) is 6.48. The number of hydrogen-bond donors (Lipinski definition) is 1. The van der Waals surface area contributed by atoms with Crippen molar-refractivity contribution in [2.24, 2.45) is 0 Å². The smallest absolute Gasteiger partial charge is 0.350 e. The van der Waals surface area contributed by atoms with Crippen LogP contribution in [0.15, 0.2) is 48.2 Å². The first-order chi connectivity index (χ1) is 10.1. The molecule has 0 amide bonds. The summed E-state index contributed by atoms with van der Waals surface area (Å²) in [4.78, 5) is 11.4. The summed E-state index contributed by atoms with van der Waals surface area (Å²) < 4.78 is 10.2. The van der Waals surface area contributed by atoms with Crippen molar-refractivity contribution < 1.29 is 14.3 Å². The molecule has 0 atom stereocenters. The van der Waals surface area contributed by atoms with Gasteiger partial charge in [0.1, 0.15) is 18.4 Å². The monoisotopic (exact) mass is 286 g/mol. The molecule has 0 spiro atoms. The Morgan fingerprint density at radius 1 is 1.43 bits per heavy atom. The largest absolute Gasteiger partial charge is 0.489 e. The Morgan fingerprint density at radius 3 is 2.62 bits per heavy atom. The molecule has 5 nitrogen and oxygen atoms in total. The number of benzene rings is 1. The van der Waals surface area contributed by atoms with Gasteiger partial charge in [-0.25, -0.2) is 4.79 Å². The first kappa shape index (κ1) is 16.3. The zero-order chi connectivity index (χ0) is 15.7. The van der Waals surface area contributed by atoms with Crippen molar-refractivity contribution in [3.8, 4) is 11.8 Å². The lowest BCUT2D eigenvalue weighted by Crippen LogP contribution is -2.07. The van der Waals surface area contributed by atoms with E-state index in [-0.39, 0.29) is 12.2 Å². The SMILES string of the molecule is C=C(C)COc1ccc(N/C=C(\C#N)C(=O)OCC)cc1. The Labute approximate surface area is 124 Å². The predicted molar refractivity (Wildman–Crippen MR) is 80.7 cm³/mol. The number of ether oxygens (including phenoxy) is 2. The molecule has 0 aliphatic carbocycles. The summed E-state index contributed by atoms with van der Waals surface area (Å²) in [6.07, 6.45) is 1.32. The minimum Gasteiger partial charge on any atom is -0.489 e. The van der Waals surface area contributed by atoms with Gasteiger partial charge in [-0.05, 0) is 43.7 Å². The minimum atomic E-state index is -0.645. The van der Waals surface area contributed by atoms with Crippen LogP contribution in [-0.4, -0.2) is 19.2 Å². The zero-order valence-corrected chi connectivity index (χ0v) is 12.2. The molecule has 0 bridgehead atoms. The quantitative estimate of drug-likeness (QED) is 0.361. The van der Waals surface area contributed by atoms with Crippen LogP contribution < -0.4 is 10.1 Å². The molecule has 110 valence electrons. The lowest BCUT2D eigenvalue weighted by molar-refractivity contribution is -0.138. The third-order valence-electron chi connectivity index (χ3n) is 2.34. The maximum Gasteiger partial charge on any atom is 0.350 e. The van der Waals surface area contributed by atoms with Crippen molar-refractivity contribution in [2.75, 3.05) is 18.5 Å². The number of nitriles is 1. The van der Waals surface area contributed by atoms with Gasteiger partial charge in [-0.3, -0.25) is 0 Å². The van der Waals surface area contributed by atoms with Gasteiger partial charge in [-0.2, -0.15) is 5.26 Å². The van der Waals surface area contributed by atoms with E-state index in [2.05, 4.69) is 11.9 Å². The summed E-state index contributed by atoms with van der Waals surface area (Å²) in [7, 11) is 0.